The van der Waals surface area contributed by atoms with Crippen LogP contribution in [0.2, 0.25) is 0 Å². The maximum atomic E-state index is 12.4. The molecule has 1 fully saturated rings. The number of piperazine rings is 1. The van der Waals surface area contributed by atoms with Crippen molar-refractivity contribution < 1.29 is 22.7 Å². The Hall–Kier alpha value is -1.80. The number of ether oxygens (including phenoxy) is 1. The minimum Gasteiger partial charge on any atom is -0.405 e. The third-order valence-corrected chi connectivity index (χ3v) is 3.25. The number of amides is 1. The van der Waals surface area contributed by atoms with Crippen LogP contribution in [-0.4, -0.2) is 42.8 Å². The predicted octanol–water partition coefficient (Wildman–Crippen LogP) is 0.844. The Morgan fingerprint density at radius 3 is 2.81 bits per heavy atom. The molecule has 1 atom stereocenters. The minimum atomic E-state index is -4.75. The topological polar surface area (TPSA) is 67.6 Å². The second kappa shape index (κ2) is 6.31. The summed E-state index contributed by atoms with van der Waals surface area (Å²) < 4.78 is 41.2. The number of nitrogens with one attached hydrogen (secondary N) is 1. The standard InChI is InChI=1S/C13H16F3N3O2/c14-13(15,16)21-11-4-2-1-3-9(11)8-19-6-5-18-7-10(19)12(17)20/h1-4,10,18H,5-8H2,(H2,17,20). The number of hydrogen-bond donors (Lipinski definition) is 2. The maximum Gasteiger partial charge on any atom is 0.573 e. The van der Waals surface area contributed by atoms with E-state index >= 15 is 0 Å². The van der Waals surface area contributed by atoms with Gasteiger partial charge >= 0.3 is 6.36 Å². The minimum absolute atomic E-state index is 0.168. The van der Waals surface area contributed by atoms with E-state index in [0.29, 0.717) is 25.2 Å². The quantitative estimate of drug-likeness (QED) is 0.865. The van der Waals surface area contributed by atoms with Crippen molar-refractivity contribution in [3.8, 4) is 5.75 Å². The largest absolute Gasteiger partial charge is 0.573 e. The van der Waals surface area contributed by atoms with Crippen molar-refractivity contribution in [2.24, 2.45) is 5.73 Å². The first-order chi connectivity index (χ1) is 9.87. The van der Waals surface area contributed by atoms with Crippen molar-refractivity contribution >= 4 is 5.91 Å². The lowest BCUT2D eigenvalue weighted by molar-refractivity contribution is -0.275. The molecule has 0 aromatic heterocycles. The molecule has 1 amide bonds. The Morgan fingerprint density at radius 1 is 1.43 bits per heavy atom. The van der Waals surface area contributed by atoms with E-state index < -0.39 is 18.3 Å². The molecular formula is C13H16F3N3O2. The number of nitrogens with zero attached hydrogens (tertiary/aromatic N) is 1. The van der Waals surface area contributed by atoms with Gasteiger partial charge in [-0.1, -0.05) is 18.2 Å². The number of primary amides is 1. The molecule has 5 nitrogen and oxygen atoms in total. The zero-order chi connectivity index (χ0) is 15.5. The molecule has 1 saturated heterocycles. The number of halogens is 3. The normalized spacial score (nSPS) is 20.2. The molecule has 1 aromatic carbocycles. The van der Waals surface area contributed by atoms with Crippen molar-refractivity contribution in [3.63, 3.8) is 0 Å². The summed E-state index contributed by atoms with van der Waals surface area (Å²) in [6.45, 7) is 1.72. The number of hydrogen-bond acceptors (Lipinski definition) is 4. The third-order valence-electron chi connectivity index (χ3n) is 3.25. The molecule has 0 bridgehead atoms. The first kappa shape index (κ1) is 15.6. The fourth-order valence-corrected chi connectivity index (χ4v) is 2.29. The first-order valence-electron chi connectivity index (χ1n) is 6.44. The fraction of sp³-hybridized carbons (Fsp3) is 0.462. The van der Waals surface area contributed by atoms with Gasteiger partial charge in [-0.25, -0.2) is 0 Å². The summed E-state index contributed by atoms with van der Waals surface area (Å²) in [5.74, 6) is -0.761. The second-order valence-corrected chi connectivity index (χ2v) is 4.75. The summed E-state index contributed by atoms with van der Waals surface area (Å²) in [4.78, 5) is 13.1. The Morgan fingerprint density at radius 2 is 2.14 bits per heavy atom. The van der Waals surface area contributed by atoms with E-state index in [1.54, 1.807) is 17.0 Å². The van der Waals surface area contributed by atoms with E-state index in [2.05, 4.69) is 10.1 Å². The van der Waals surface area contributed by atoms with E-state index in [4.69, 9.17) is 5.73 Å². The summed E-state index contributed by atoms with van der Waals surface area (Å²) in [5.41, 5.74) is 5.68. The van der Waals surface area contributed by atoms with Crippen LogP contribution in [0.3, 0.4) is 0 Å². The number of carbonyl (C=O) groups excluding carboxylic acids is 1. The van der Waals surface area contributed by atoms with Crippen LogP contribution >= 0.6 is 0 Å². The second-order valence-electron chi connectivity index (χ2n) is 4.75. The first-order valence-corrected chi connectivity index (χ1v) is 6.44. The summed E-state index contributed by atoms with van der Waals surface area (Å²) in [6, 6.07) is 5.34. The van der Waals surface area contributed by atoms with Crippen molar-refractivity contribution in [3.05, 3.63) is 29.8 Å². The molecule has 1 aliphatic rings. The predicted molar refractivity (Wildman–Crippen MR) is 69.4 cm³/mol. The number of rotatable bonds is 4. The molecule has 116 valence electrons. The van der Waals surface area contributed by atoms with Gasteiger partial charge in [0.1, 0.15) is 11.8 Å². The summed E-state index contributed by atoms with van der Waals surface area (Å²) in [5, 5.41) is 3.03. The van der Waals surface area contributed by atoms with Crippen LogP contribution in [0.1, 0.15) is 5.56 Å². The highest BCUT2D eigenvalue weighted by molar-refractivity contribution is 5.80. The van der Waals surface area contributed by atoms with Crippen LogP contribution < -0.4 is 15.8 Å². The molecule has 0 saturated carbocycles. The van der Waals surface area contributed by atoms with Gasteiger partial charge in [0.25, 0.3) is 0 Å². The molecule has 0 aliphatic carbocycles. The van der Waals surface area contributed by atoms with Gasteiger partial charge in [0.05, 0.1) is 0 Å². The van der Waals surface area contributed by atoms with Crippen LogP contribution in [0.25, 0.3) is 0 Å². The molecule has 3 N–H and O–H groups in total. The average Bonchev–Trinajstić information content (AvgIpc) is 2.40. The monoisotopic (exact) mass is 303 g/mol. The zero-order valence-corrected chi connectivity index (χ0v) is 11.2. The van der Waals surface area contributed by atoms with Gasteiger partial charge in [0.2, 0.25) is 5.91 Å². The molecular weight excluding hydrogens is 287 g/mol. The number of nitrogens with two attached hydrogens (primary N) is 1. The van der Waals surface area contributed by atoms with E-state index in [1.165, 1.54) is 12.1 Å². The smallest absolute Gasteiger partial charge is 0.405 e. The molecule has 0 spiro atoms. The fourth-order valence-electron chi connectivity index (χ4n) is 2.29. The number of alkyl halides is 3. The Labute approximate surface area is 119 Å². The molecule has 2 rings (SSSR count). The van der Waals surface area contributed by atoms with Crippen LogP contribution in [-0.2, 0) is 11.3 Å². The van der Waals surface area contributed by atoms with Gasteiger partial charge in [0, 0.05) is 31.7 Å². The van der Waals surface area contributed by atoms with Crippen LogP contribution in [0.5, 0.6) is 5.75 Å². The van der Waals surface area contributed by atoms with E-state index in [-0.39, 0.29) is 12.3 Å². The van der Waals surface area contributed by atoms with E-state index in [1.807, 2.05) is 0 Å². The van der Waals surface area contributed by atoms with Gasteiger partial charge in [-0.15, -0.1) is 13.2 Å². The molecule has 0 radical (unpaired) electrons. The molecule has 21 heavy (non-hydrogen) atoms. The molecule has 1 unspecified atom stereocenters. The van der Waals surface area contributed by atoms with Crippen molar-refractivity contribution in [2.75, 3.05) is 19.6 Å². The van der Waals surface area contributed by atoms with Gasteiger partial charge in [-0.05, 0) is 6.07 Å². The molecule has 1 aliphatic heterocycles. The number of para-hydroxylation sites is 1. The number of benzene rings is 1. The van der Waals surface area contributed by atoms with Crippen LogP contribution in [0.4, 0.5) is 13.2 Å². The lowest BCUT2D eigenvalue weighted by Crippen LogP contribution is -2.56. The van der Waals surface area contributed by atoms with Crippen LogP contribution in [0.15, 0.2) is 24.3 Å². The van der Waals surface area contributed by atoms with Gasteiger partial charge in [-0.2, -0.15) is 0 Å². The van der Waals surface area contributed by atoms with Gasteiger partial charge < -0.3 is 15.8 Å². The summed E-state index contributed by atoms with van der Waals surface area (Å²) in [6.07, 6.45) is -4.75. The highest BCUT2D eigenvalue weighted by Gasteiger charge is 2.33. The van der Waals surface area contributed by atoms with Gasteiger partial charge in [0.15, 0.2) is 0 Å². The van der Waals surface area contributed by atoms with Crippen LogP contribution in [0, 0.1) is 0 Å². The highest BCUT2D eigenvalue weighted by atomic mass is 19.4. The number of carbonyl (C=O) groups is 1. The van der Waals surface area contributed by atoms with Gasteiger partial charge in [-0.3, -0.25) is 9.69 Å². The van der Waals surface area contributed by atoms with Crippen molar-refractivity contribution in [1.29, 1.82) is 0 Å². The summed E-state index contributed by atoms with van der Waals surface area (Å²) >= 11 is 0. The Kier molecular flexibility index (Phi) is 4.69. The third kappa shape index (κ3) is 4.33. The average molecular weight is 303 g/mol. The van der Waals surface area contributed by atoms with E-state index in [9.17, 15) is 18.0 Å². The highest BCUT2D eigenvalue weighted by Crippen LogP contribution is 2.27. The lowest BCUT2D eigenvalue weighted by atomic mass is 10.1. The molecule has 1 aromatic rings. The van der Waals surface area contributed by atoms with Crippen molar-refractivity contribution in [1.82, 2.24) is 10.2 Å². The maximum absolute atomic E-state index is 12.4. The van der Waals surface area contributed by atoms with Crippen molar-refractivity contribution in [2.45, 2.75) is 18.9 Å². The Balaban J connectivity index is 2.16. The molecule has 1 heterocycles. The SMILES string of the molecule is NC(=O)C1CNCCN1Cc1ccccc1OC(F)(F)F. The Bertz CT molecular complexity index is 508. The zero-order valence-electron chi connectivity index (χ0n) is 11.2. The summed E-state index contributed by atoms with van der Waals surface area (Å²) in [7, 11) is 0. The molecule has 8 heteroatoms. The lowest BCUT2D eigenvalue weighted by Gasteiger charge is -2.34. The van der Waals surface area contributed by atoms with E-state index in [0.717, 1.165) is 0 Å².